The Balaban J connectivity index is 2.16. The summed E-state index contributed by atoms with van der Waals surface area (Å²) in [7, 11) is 0. The summed E-state index contributed by atoms with van der Waals surface area (Å²) in [6, 6.07) is -1.33. The molecule has 0 aromatic carbocycles. The number of carboxylic acid groups (broad SMARTS) is 1. The van der Waals surface area contributed by atoms with Crippen LogP contribution >= 0.6 is 11.8 Å². The highest BCUT2D eigenvalue weighted by molar-refractivity contribution is 8.02. The molecule has 3 fully saturated rings. The van der Waals surface area contributed by atoms with Gasteiger partial charge < -0.3 is 20.0 Å². The van der Waals surface area contributed by atoms with E-state index in [1.807, 2.05) is 27.7 Å². The first-order valence-corrected chi connectivity index (χ1v) is 13.1. The molecule has 3 unspecified atom stereocenters. The fourth-order valence-corrected chi connectivity index (χ4v) is 8.88. The lowest BCUT2D eigenvalue weighted by atomic mass is 9.66. The van der Waals surface area contributed by atoms with Crippen molar-refractivity contribution in [2.45, 2.75) is 94.3 Å². The maximum atomic E-state index is 14.3. The number of nitrogens with zero attached hydrogens (tertiary/aromatic N) is 2. The maximum absolute atomic E-state index is 14.3. The highest BCUT2D eigenvalue weighted by Crippen LogP contribution is 2.71. The Morgan fingerprint density at radius 1 is 1.33 bits per heavy atom. The molecule has 3 heterocycles. The molecule has 8 atom stereocenters. The number of fused-ring (bicyclic) bond motifs is 1. The van der Waals surface area contributed by atoms with Gasteiger partial charge in [0.15, 0.2) is 0 Å². The maximum Gasteiger partial charge on any atom is 0.308 e. The van der Waals surface area contributed by atoms with Crippen LogP contribution in [-0.2, 0) is 14.4 Å². The Kier molecular flexibility index (Phi) is 7.59. The molecule has 1 spiro atoms. The fourth-order valence-electron chi connectivity index (χ4n) is 6.55. The van der Waals surface area contributed by atoms with Crippen molar-refractivity contribution in [2.75, 3.05) is 13.2 Å². The standard InChI is InChI=1S/C25H40N2O5S/c1-7-10-16(5)26(13-8-2)22(30)20-25-12-11-24(6,33-25)19(23(31)32)18(25)21(29)27(20)17(14-28)15(4)9-3/h8,15-20,28H,2,7,9-14H2,1,3-6H3,(H,31,32)/t15-,16?,17-,18-,19+,20?,24-,25?/m0/s1. The number of rotatable bonds is 11. The van der Waals surface area contributed by atoms with Gasteiger partial charge in [0, 0.05) is 17.3 Å². The van der Waals surface area contributed by atoms with E-state index in [0.717, 1.165) is 19.3 Å². The van der Waals surface area contributed by atoms with Gasteiger partial charge in [-0.25, -0.2) is 0 Å². The summed E-state index contributed by atoms with van der Waals surface area (Å²) in [6.45, 7) is 14.0. The number of likely N-dealkylation sites (tertiary alicyclic amines) is 1. The summed E-state index contributed by atoms with van der Waals surface area (Å²) >= 11 is 1.54. The van der Waals surface area contributed by atoms with Crippen molar-refractivity contribution in [1.82, 2.24) is 9.80 Å². The number of hydrogen-bond acceptors (Lipinski definition) is 5. The lowest BCUT2D eigenvalue weighted by Gasteiger charge is -2.42. The Bertz CT molecular complexity index is 806. The molecule has 3 rings (SSSR count). The van der Waals surface area contributed by atoms with Gasteiger partial charge in [0.2, 0.25) is 11.8 Å². The molecule has 2 amide bonds. The van der Waals surface area contributed by atoms with E-state index in [2.05, 4.69) is 13.5 Å². The topological polar surface area (TPSA) is 98.2 Å². The van der Waals surface area contributed by atoms with Crippen LogP contribution in [0.5, 0.6) is 0 Å². The van der Waals surface area contributed by atoms with Gasteiger partial charge in [0.05, 0.1) is 29.2 Å². The van der Waals surface area contributed by atoms with Crippen LogP contribution in [0.15, 0.2) is 12.7 Å². The lowest BCUT2D eigenvalue weighted by molar-refractivity contribution is -0.151. The minimum absolute atomic E-state index is 0.0218. The summed E-state index contributed by atoms with van der Waals surface area (Å²) in [5.41, 5.74) is 0. The molecule has 0 aliphatic carbocycles. The lowest BCUT2D eigenvalue weighted by Crippen LogP contribution is -2.59. The first kappa shape index (κ1) is 26.1. The third kappa shape index (κ3) is 3.91. The third-order valence-electron chi connectivity index (χ3n) is 8.41. The second-order valence-corrected chi connectivity index (χ2v) is 12.3. The number of amides is 2. The van der Waals surface area contributed by atoms with Crippen molar-refractivity contribution in [1.29, 1.82) is 0 Å². The van der Waals surface area contributed by atoms with Crippen LogP contribution in [0, 0.1) is 17.8 Å². The van der Waals surface area contributed by atoms with E-state index in [9.17, 15) is 24.6 Å². The Morgan fingerprint density at radius 2 is 2.00 bits per heavy atom. The van der Waals surface area contributed by atoms with Gasteiger partial charge in [0.1, 0.15) is 6.04 Å². The molecule has 0 aromatic heterocycles. The SMILES string of the molecule is C=CCN(C(=O)C1N([C@@H](CO)[C@@H](C)CC)C(=O)[C@@H]2[C@H](C(=O)O)[C@]3(C)CCC12S3)C(C)CCC. The zero-order valence-electron chi connectivity index (χ0n) is 20.6. The molecule has 2 bridgehead atoms. The minimum atomic E-state index is -0.968. The van der Waals surface area contributed by atoms with Gasteiger partial charge in [-0.2, -0.15) is 0 Å². The Morgan fingerprint density at radius 3 is 2.52 bits per heavy atom. The summed E-state index contributed by atoms with van der Waals surface area (Å²) in [5.74, 6) is -3.00. The number of hydrogen-bond donors (Lipinski definition) is 2. The van der Waals surface area contributed by atoms with Gasteiger partial charge in [-0.05, 0) is 39.0 Å². The summed E-state index contributed by atoms with van der Waals surface area (Å²) in [4.78, 5) is 44.1. The monoisotopic (exact) mass is 480 g/mol. The van der Waals surface area contributed by atoms with Crippen LogP contribution in [-0.4, -0.2) is 78.6 Å². The number of carbonyl (C=O) groups is 3. The summed E-state index contributed by atoms with van der Waals surface area (Å²) < 4.78 is -1.35. The van der Waals surface area contributed by atoms with E-state index in [1.54, 1.807) is 27.6 Å². The summed E-state index contributed by atoms with van der Waals surface area (Å²) in [5, 5.41) is 20.5. The molecule has 7 nitrogen and oxygen atoms in total. The molecule has 0 radical (unpaired) electrons. The molecule has 186 valence electrons. The van der Waals surface area contributed by atoms with E-state index in [4.69, 9.17) is 0 Å². The number of aliphatic hydroxyl groups excluding tert-OH is 1. The average molecular weight is 481 g/mol. The van der Waals surface area contributed by atoms with E-state index >= 15 is 0 Å². The highest BCUT2D eigenvalue weighted by atomic mass is 32.2. The zero-order valence-corrected chi connectivity index (χ0v) is 21.4. The van der Waals surface area contributed by atoms with Crippen molar-refractivity contribution < 1.29 is 24.6 Å². The molecule has 2 N–H and O–H groups in total. The van der Waals surface area contributed by atoms with E-state index in [0.29, 0.717) is 19.4 Å². The Hall–Kier alpha value is -1.54. The highest BCUT2D eigenvalue weighted by Gasteiger charge is 2.78. The van der Waals surface area contributed by atoms with Gasteiger partial charge >= 0.3 is 5.97 Å². The molecule has 0 aromatic rings. The quantitative estimate of drug-likeness (QED) is 0.441. The van der Waals surface area contributed by atoms with Gasteiger partial charge in [0.25, 0.3) is 0 Å². The molecule has 0 saturated carbocycles. The molecule has 33 heavy (non-hydrogen) atoms. The van der Waals surface area contributed by atoms with Crippen molar-refractivity contribution in [3.8, 4) is 0 Å². The van der Waals surface area contributed by atoms with E-state index in [1.165, 1.54) is 0 Å². The average Bonchev–Trinajstić information content (AvgIpc) is 3.33. The van der Waals surface area contributed by atoms with Crippen LogP contribution in [0.2, 0.25) is 0 Å². The molecular formula is C25H40N2O5S. The first-order valence-electron chi connectivity index (χ1n) is 12.3. The molecule has 8 heteroatoms. The van der Waals surface area contributed by atoms with Crippen LogP contribution in [0.1, 0.15) is 66.7 Å². The van der Waals surface area contributed by atoms with Crippen molar-refractivity contribution in [2.24, 2.45) is 17.8 Å². The van der Waals surface area contributed by atoms with Gasteiger partial charge in [-0.15, -0.1) is 18.3 Å². The Labute approximate surface area is 202 Å². The normalized spacial score (nSPS) is 35.3. The predicted molar refractivity (Wildman–Crippen MR) is 130 cm³/mol. The predicted octanol–water partition coefficient (Wildman–Crippen LogP) is 3.16. The smallest absolute Gasteiger partial charge is 0.308 e. The minimum Gasteiger partial charge on any atom is -0.481 e. The molecule has 3 aliphatic rings. The molecule has 3 saturated heterocycles. The number of aliphatic carboxylic acids is 1. The van der Waals surface area contributed by atoms with Crippen molar-refractivity contribution in [3.63, 3.8) is 0 Å². The summed E-state index contributed by atoms with van der Waals surface area (Å²) in [6.07, 6.45) is 5.49. The molecular weight excluding hydrogens is 440 g/mol. The van der Waals surface area contributed by atoms with Crippen molar-refractivity contribution in [3.05, 3.63) is 12.7 Å². The van der Waals surface area contributed by atoms with Crippen LogP contribution in [0.25, 0.3) is 0 Å². The largest absolute Gasteiger partial charge is 0.481 e. The van der Waals surface area contributed by atoms with E-state index in [-0.39, 0.29) is 30.4 Å². The van der Waals surface area contributed by atoms with Crippen LogP contribution < -0.4 is 0 Å². The first-order chi connectivity index (χ1) is 15.5. The van der Waals surface area contributed by atoms with Crippen molar-refractivity contribution >= 4 is 29.5 Å². The van der Waals surface area contributed by atoms with Gasteiger partial charge in [-0.3, -0.25) is 14.4 Å². The molecule has 3 aliphatic heterocycles. The third-order valence-corrected chi connectivity index (χ3v) is 10.4. The zero-order chi connectivity index (χ0) is 24.7. The van der Waals surface area contributed by atoms with Crippen LogP contribution in [0.3, 0.4) is 0 Å². The second kappa shape index (κ2) is 9.61. The second-order valence-electron chi connectivity index (χ2n) is 10.4. The number of carboxylic acids is 1. The number of carbonyl (C=O) groups excluding carboxylic acids is 2. The number of aliphatic hydroxyl groups is 1. The number of thioether (sulfide) groups is 1. The van der Waals surface area contributed by atoms with Gasteiger partial charge in [-0.1, -0.05) is 39.7 Å². The van der Waals surface area contributed by atoms with Crippen LogP contribution in [0.4, 0.5) is 0 Å². The van der Waals surface area contributed by atoms with E-state index < -0.39 is 39.4 Å². The fraction of sp³-hybridized carbons (Fsp3) is 0.800.